The average Bonchev–Trinajstić information content (AvgIpc) is 2.96. The third kappa shape index (κ3) is 5.06. The minimum atomic E-state index is -0.500. The summed E-state index contributed by atoms with van der Waals surface area (Å²) in [5.41, 5.74) is 6.27. The van der Waals surface area contributed by atoms with Crippen molar-refractivity contribution < 1.29 is 9.59 Å². The van der Waals surface area contributed by atoms with Crippen LogP contribution in [0.4, 0.5) is 11.4 Å². The molecule has 0 radical (unpaired) electrons. The molecule has 2 heterocycles. The third-order valence-corrected chi connectivity index (χ3v) is 10.2. The van der Waals surface area contributed by atoms with Crippen molar-refractivity contribution in [2.45, 2.75) is 64.5 Å². The van der Waals surface area contributed by atoms with E-state index in [0.29, 0.717) is 11.1 Å². The fraction of sp³-hybridized carbons (Fsp3) is 0.263. The number of para-hydroxylation sites is 1. The van der Waals surface area contributed by atoms with E-state index in [1.807, 2.05) is 64.4 Å². The Morgan fingerprint density at radius 3 is 1.82 bits per heavy atom. The topological polar surface area (TPSA) is 40.6 Å². The van der Waals surface area contributed by atoms with Gasteiger partial charge < -0.3 is 4.90 Å². The van der Waals surface area contributed by atoms with Crippen LogP contribution in [-0.2, 0) is 5.41 Å². The SMILES string of the molecule is CC1=CC(C)(C)N(C(=O)c2ccc(Br)cc2)c2ccc([C@]3(C)CC(C)(C)N(C(=O)c4ccc(Br)cc4)c4ccccc43)cc21. The smallest absolute Gasteiger partial charge is 0.259 e. The summed E-state index contributed by atoms with van der Waals surface area (Å²) in [5.74, 6) is -0.0387. The predicted octanol–water partition coefficient (Wildman–Crippen LogP) is 10.2. The molecule has 6 heteroatoms. The maximum Gasteiger partial charge on any atom is 0.259 e. The molecule has 0 N–H and O–H groups in total. The van der Waals surface area contributed by atoms with E-state index in [4.69, 9.17) is 0 Å². The first-order chi connectivity index (χ1) is 20.7. The summed E-state index contributed by atoms with van der Waals surface area (Å²) in [7, 11) is 0. The number of carbonyl (C=O) groups excluding carboxylic acids is 2. The first kappa shape index (κ1) is 30.5. The standard InChI is InChI=1S/C38H36Br2N2O2/c1-24-22-36(2,3)41(34(43)25-11-16-28(39)17-12-25)32-20-15-27(21-30(24)32)38(6)23-37(4,5)42(33-10-8-7-9-31(33)38)35(44)26-13-18-29(40)19-14-26/h7-22H,23H2,1-6H3/t38-/m0/s1. The maximum atomic E-state index is 14.0. The molecule has 1 atom stereocenters. The largest absolute Gasteiger partial charge is 0.302 e. The Morgan fingerprint density at radius 1 is 0.682 bits per heavy atom. The van der Waals surface area contributed by atoms with E-state index in [9.17, 15) is 9.59 Å². The van der Waals surface area contributed by atoms with E-state index in [0.717, 1.165) is 49.0 Å². The van der Waals surface area contributed by atoms with Crippen LogP contribution in [0.2, 0.25) is 0 Å². The van der Waals surface area contributed by atoms with Crippen molar-refractivity contribution in [2.75, 3.05) is 9.80 Å². The Balaban J connectivity index is 1.46. The van der Waals surface area contributed by atoms with Crippen molar-refractivity contribution in [3.63, 3.8) is 0 Å². The van der Waals surface area contributed by atoms with Gasteiger partial charge in [-0.25, -0.2) is 0 Å². The average molecular weight is 713 g/mol. The zero-order valence-corrected chi connectivity index (χ0v) is 29.1. The highest BCUT2D eigenvalue weighted by molar-refractivity contribution is 9.10. The number of nitrogens with zero attached hydrogens (tertiary/aromatic N) is 2. The Kier molecular flexibility index (Phi) is 7.53. The van der Waals surface area contributed by atoms with Crippen LogP contribution in [0.3, 0.4) is 0 Å². The van der Waals surface area contributed by atoms with Gasteiger partial charge in [-0.05, 0) is 124 Å². The molecular formula is C38H36Br2N2O2. The molecule has 0 aromatic heterocycles. The number of halogens is 2. The molecule has 0 spiro atoms. The molecule has 0 bridgehead atoms. The third-order valence-electron chi connectivity index (χ3n) is 9.16. The lowest BCUT2D eigenvalue weighted by Gasteiger charge is -2.51. The molecule has 0 saturated heterocycles. The number of allylic oxidation sites excluding steroid dienone is 1. The van der Waals surface area contributed by atoms with E-state index in [-0.39, 0.29) is 17.2 Å². The van der Waals surface area contributed by atoms with Gasteiger partial charge in [-0.3, -0.25) is 14.5 Å². The van der Waals surface area contributed by atoms with Gasteiger partial charge in [0.25, 0.3) is 11.8 Å². The molecule has 6 rings (SSSR count). The van der Waals surface area contributed by atoms with Gasteiger partial charge in [-0.15, -0.1) is 0 Å². The zero-order chi connectivity index (χ0) is 31.6. The lowest BCUT2D eigenvalue weighted by molar-refractivity contribution is 0.0946. The van der Waals surface area contributed by atoms with E-state index in [2.05, 4.69) is 116 Å². The van der Waals surface area contributed by atoms with Crippen molar-refractivity contribution in [1.29, 1.82) is 0 Å². The van der Waals surface area contributed by atoms with E-state index >= 15 is 0 Å². The first-order valence-electron chi connectivity index (χ1n) is 14.9. The second kappa shape index (κ2) is 10.8. The van der Waals surface area contributed by atoms with Crippen LogP contribution < -0.4 is 9.80 Å². The minimum Gasteiger partial charge on any atom is -0.302 e. The summed E-state index contributed by atoms with van der Waals surface area (Å²) < 4.78 is 1.88. The molecule has 4 aromatic carbocycles. The van der Waals surface area contributed by atoms with Gasteiger partial charge >= 0.3 is 0 Å². The maximum absolute atomic E-state index is 14.0. The molecule has 0 unspecified atom stereocenters. The second-order valence-electron chi connectivity index (χ2n) is 13.3. The highest BCUT2D eigenvalue weighted by Crippen LogP contribution is 2.52. The van der Waals surface area contributed by atoms with Gasteiger partial charge in [-0.2, -0.15) is 0 Å². The quantitative estimate of drug-likeness (QED) is 0.212. The van der Waals surface area contributed by atoms with Crippen LogP contribution in [0.1, 0.15) is 85.4 Å². The van der Waals surface area contributed by atoms with E-state index in [1.165, 1.54) is 0 Å². The van der Waals surface area contributed by atoms with Crippen LogP contribution in [0.5, 0.6) is 0 Å². The molecule has 2 aliphatic rings. The number of carbonyl (C=O) groups is 2. The lowest BCUT2D eigenvalue weighted by atomic mass is 9.64. The van der Waals surface area contributed by atoms with Crippen molar-refractivity contribution >= 4 is 60.6 Å². The Bertz CT molecular complexity index is 1820. The van der Waals surface area contributed by atoms with Gasteiger partial charge in [0.05, 0.1) is 11.2 Å². The molecule has 0 aliphatic carbocycles. The van der Waals surface area contributed by atoms with Gasteiger partial charge in [-0.1, -0.05) is 69.1 Å². The van der Waals surface area contributed by atoms with Crippen molar-refractivity contribution in [3.8, 4) is 0 Å². The van der Waals surface area contributed by atoms with Crippen LogP contribution in [-0.4, -0.2) is 22.9 Å². The number of hydrogen-bond donors (Lipinski definition) is 0. The molecular weight excluding hydrogens is 676 g/mol. The molecule has 4 nitrogen and oxygen atoms in total. The molecule has 224 valence electrons. The summed E-state index contributed by atoms with van der Waals surface area (Å²) >= 11 is 6.97. The lowest BCUT2D eigenvalue weighted by Crippen LogP contribution is -2.56. The highest BCUT2D eigenvalue weighted by Gasteiger charge is 2.48. The van der Waals surface area contributed by atoms with Crippen molar-refractivity contribution in [1.82, 2.24) is 0 Å². The van der Waals surface area contributed by atoms with Gasteiger partial charge in [0.2, 0.25) is 0 Å². The Morgan fingerprint density at radius 2 is 1.23 bits per heavy atom. The fourth-order valence-electron chi connectivity index (χ4n) is 7.33. The van der Waals surface area contributed by atoms with Crippen LogP contribution in [0, 0.1) is 0 Å². The predicted molar refractivity (Wildman–Crippen MR) is 188 cm³/mol. The molecule has 0 fully saturated rings. The number of anilines is 2. The number of benzene rings is 4. The molecule has 0 saturated carbocycles. The first-order valence-corrected chi connectivity index (χ1v) is 16.5. The van der Waals surface area contributed by atoms with Gasteiger partial charge in [0.1, 0.15) is 0 Å². The number of amides is 2. The summed E-state index contributed by atoms with van der Waals surface area (Å²) in [6.07, 6.45) is 2.92. The summed E-state index contributed by atoms with van der Waals surface area (Å²) in [4.78, 5) is 31.9. The van der Waals surface area contributed by atoms with Gasteiger partial charge in [0, 0.05) is 42.3 Å². The normalized spacial score (nSPS) is 20.0. The molecule has 2 amide bonds. The van der Waals surface area contributed by atoms with Crippen molar-refractivity contribution in [2.24, 2.45) is 0 Å². The molecule has 44 heavy (non-hydrogen) atoms. The van der Waals surface area contributed by atoms with E-state index in [1.54, 1.807) is 0 Å². The Hall–Kier alpha value is -3.48. The van der Waals surface area contributed by atoms with Crippen molar-refractivity contribution in [3.05, 3.63) is 134 Å². The second-order valence-corrected chi connectivity index (χ2v) is 15.2. The summed E-state index contributed by atoms with van der Waals surface area (Å²) in [5, 5.41) is 0. The Labute approximate surface area is 277 Å². The van der Waals surface area contributed by atoms with Crippen LogP contribution in [0.15, 0.2) is 106 Å². The van der Waals surface area contributed by atoms with E-state index < -0.39 is 11.1 Å². The number of fused-ring (bicyclic) bond motifs is 2. The van der Waals surface area contributed by atoms with Crippen LogP contribution in [0.25, 0.3) is 5.57 Å². The summed E-state index contributed by atoms with van der Waals surface area (Å²) in [6.45, 7) is 12.9. The minimum absolute atomic E-state index is 0.00875. The monoisotopic (exact) mass is 710 g/mol. The number of hydrogen-bond acceptors (Lipinski definition) is 2. The highest BCUT2D eigenvalue weighted by atomic mass is 79.9. The van der Waals surface area contributed by atoms with Crippen LogP contribution >= 0.6 is 31.9 Å². The number of rotatable bonds is 3. The fourth-order valence-corrected chi connectivity index (χ4v) is 7.86. The molecule has 4 aromatic rings. The summed E-state index contributed by atoms with van der Waals surface area (Å²) in [6, 6.07) is 30.0. The van der Waals surface area contributed by atoms with Gasteiger partial charge in [0.15, 0.2) is 0 Å². The zero-order valence-electron chi connectivity index (χ0n) is 25.9. The molecule has 2 aliphatic heterocycles.